The molecule has 2 atom stereocenters. The van der Waals surface area contributed by atoms with Crippen LogP contribution in [0.25, 0.3) is 0 Å². The highest BCUT2D eigenvalue weighted by Crippen LogP contribution is 2.26. The van der Waals surface area contributed by atoms with Gasteiger partial charge in [-0.3, -0.25) is 0 Å². The molecule has 0 amide bonds. The molecule has 2 unspecified atom stereocenters. The van der Waals surface area contributed by atoms with Gasteiger partial charge in [0.15, 0.2) is 0 Å². The smallest absolute Gasteiger partial charge is 0.0222 e. The molecule has 0 aromatic rings. The Morgan fingerprint density at radius 1 is 1.11 bits per heavy atom. The van der Waals surface area contributed by atoms with Crippen molar-refractivity contribution < 1.29 is 0 Å². The van der Waals surface area contributed by atoms with Gasteiger partial charge in [0.1, 0.15) is 0 Å². The maximum atomic E-state index is 3.73. The molecule has 0 aliphatic heterocycles. The average molecular weight is 254 g/mol. The summed E-state index contributed by atoms with van der Waals surface area (Å²) in [6, 6.07) is 0.712. The van der Waals surface area contributed by atoms with E-state index < -0.39 is 0 Å². The van der Waals surface area contributed by atoms with E-state index in [0.717, 1.165) is 18.4 Å². The normalized spacial score (nSPS) is 21.2. The van der Waals surface area contributed by atoms with Gasteiger partial charge in [0.05, 0.1) is 0 Å². The molecule has 1 rings (SSSR count). The van der Waals surface area contributed by atoms with E-state index >= 15 is 0 Å². The topological polar surface area (TPSA) is 15.3 Å². The molecule has 1 N–H and O–H groups in total. The first-order chi connectivity index (χ1) is 8.67. The molecule has 1 fully saturated rings. The van der Waals surface area contributed by atoms with Gasteiger partial charge in [0.2, 0.25) is 0 Å². The highest BCUT2D eigenvalue weighted by molar-refractivity contribution is 4.81. The summed E-state index contributed by atoms with van der Waals surface area (Å²) >= 11 is 0. The Kier molecular flexibility index (Phi) is 7.92. The van der Waals surface area contributed by atoms with Crippen molar-refractivity contribution in [3.05, 3.63) is 0 Å². The Bertz CT molecular complexity index is 199. The van der Waals surface area contributed by atoms with Crippen LogP contribution in [0.2, 0.25) is 0 Å². The minimum atomic E-state index is 0.712. The summed E-state index contributed by atoms with van der Waals surface area (Å²) < 4.78 is 0. The van der Waals surface area contributed by atoms with Crippen LogP contribution < -0.4 is 5.32 Å². The van der Waals surface area contributed by atoms with Crippen molar-refractivity contribution in [1.29, 1.82) is 0 Å². The van der Waals surface area contributed by atoms with Gasteiger partial charge >= 0.3 is 0 Å². The molecule has 2 heteroatoms. The summed E-state index contributed by atoms with van der Waals surface area (Å²) in [6.07, 6.45) is 8.52. The van der Waals surface area contributed by atoms with Crippen LogP contribution in [0.1, 0.15) is 59.3 Å². The Balaban J connectivity index is 2.40. The van der Waals surface area contributed by atoms with Gasteiger partial charge in [-0.2, -0.15) is 0 Å². The van der Waals surface area contributed by atoms with Crippen molar-refractivity contribution in [1.82, 2.24) is 10.2 Å². The van der Waals surface area contributed by atoms with Gasteiger partial charge in [-0.05, 0) is 38.3 Å². The lowest BCUT2D eigenvalue weighted by Crippen LogP contribution is -2.46. The summed E-state index contributed by atoms with van der Waals surface area (Å²) in [6.45, 7) is 10.5. The first-order valence-corrected chi connectivity index (χ1v) is 8.09. The quantitative estimate of drug-likeness (QED) is 0.713. The lowest BCUT2D eigenvalue weighted by atomic mass is 9.83. The fourth-order valence-corrected chi connectivity index (χ4v) is 3.25. The van der Waals surface area contributed by atoms with E-state index in [1.165, 1.54) is 51.6 Å². The second-order valence-electron chi connectivity index (χ2n) is 6.30. The molecule has 0 aromatic heterocycles. The fourth-order valence-electron chi connectivity index (χ4n) is 3.25. The minimum absolute atomic E-state index is 0.712. The lowest BCUT2D eigenvalue weighted by molar-refractivity contribution is 0.192. The molecule has 0 saturated heterocycles. The Hall–Kier alpha value is -0.0800. The van der Waals surface area contributed by atoms with Crippen LogP contribution in [0.15, 0.2) is 0 Å². The van der Waals surface area contributed by atoms with Crippen molar-refractivity contribution in [3.8, 4) is 0 Å². The number of hydrogen-bond acceptors (Lipinski definition) is 2. The molecule has 0 bridgehead atoms. The van der Waals surface area contributed by atoms with Crippen LogP contribution in [0, 0.1) is 11.8 Å². The molecule has 1 aliphatic carbocycles. The zero-order valence-electron chi connectivity index (χ0n) is 13.0. The monoisotopic (exact) mass is 254 g/mol. The van der Waals surface area contributed by atoms with Crippen molar-refractivity contribution in [2.75, 3.05) is 26.7 Å². The van der Waals surface area contributed by atoms with E-state index in [9.17, 15) is 0 Å². The Morgan fingerprint density at radius 3 is 2.33 bits per heavy atom. The number of nitrogens with one attached hydrogen (secondary N) is 1. The van der Waals surface area contributed by atoms with Crippen molar-refractivity contribution in [2.24, 2.45) is 11.8 Å². The van der Waals surface area contributed by atoms with Gasteiger partial charge in [-0.25, -0.2) is 0 Å². The van der Waals surface area contributed by atoms with Crippen LogP contribution in [0.5, 0.6) is 0 Å². The van der Waals surface area contributed by atoms with Crippen LogP contribution in [-0.2, 0) is 0 Å². The molecule has 108 valence electrons. The van der Waals surface area contributed by atoms with Crippen LogP contribution in [0.3, 0.4) is 0 Å². The standard InChI is InChI=1S/C16H34N2/c1-5-14(3)12-18(4)13-16(17-6-2)15-10-8-7-9-11-15/h14-17H,5-13H2,1-4H3. The van der Waals surface area contributed by atoms with Crippen LogP contribution >= 0.6 is 0 Å². The lowest BCUT2D eigenvalue weighted by Gasteiger charge is -2.34. The zero-order chi connectivity index (χ0) is 13.4. The van der Waals surface area contributed by atoms with Crippen LogP contribution in [-0.4, -0.2) is 37.6 Å². The molecule has 2 nitrogen and oxygen atoms in total. The SMILES string of the molecule is CCNC(CN(C)CC(C)CC)C1CCCCC1. The highest BCUT2D eigenvalue weighted by atomic mass is 15.1. The average Bonchev–Trinajstić information content (AvgIpc) is 2.39. The molecule has 0 spiro atoms. The number of hydrogen-bond donors (Lipinski definition) is 1. The maximum Gasteiger partial charge on any atom is 0.0222 e. The summed E-state index contributed by atoms with van der Waals surface area (Å²) in [7, 11) is 2.29. The van der Waals surface area contributed by atoms with Gasteiger partial charge in [-0.1, -0.05) is 46.5 Å². The summed E-state index contributed by atoms with van der Waals surface area (Å²) in [5.41, 5.74) is 0. The molecule has 1 saturated carbocycles. The van der Waals surface area contributed by atoms with E-state index in [4.69, 9.17) is 0 Å². The maximum absolute atomic E-state index is 3.73. The number of rotatable bonds is 8. The third kappa shape index (κ3) is 5.71. The summed E-state index contributed by atoms with van der Waals surface area (Å²) in [4.78, 5) is 2.54. The molecule has 0 aromatic carbocycles. The third-order valence-electron chi connectivity index (χ3n) is 4.51. The van der Waals surface area contributed by atoms with Gasteiger partial charge in [-0.15, -0.1) is 0 Å². The van der Waals surface area contributed by atoms with Crippen molar-refractivity contribution >= 4 is 0 Å². The van der Waals surface area contributed by atoms with Crippen LogP contribution in [0.4, 0.5) is 0 Å². The van der Waals surface area contributed by atoms with Gasteiger partial charge < -0.3 is 10.2 Å². The summed E-state index contributed by atoms with van der Waals surface area (Å²) in [5, 5.41) is 3.73. The van der Waals surface area contributed by atoms with E-state index in [2.05, 4.69) is 38.0 Å². The predicted octanol–water partition coefficient (Wildman–Crippen LogP) is 3.52. The van der Waals surface area contributed by atoms with Crippen molar-refractivity contribution in [3.63, 3.8) is 0 Å². The second kappa shape index (κ2) is 8.92. The highest BCUT2D eigenvalue weighted by Gasteiger charge is 2.24. The first-order valence-electron chi connectivity index (χ1n) is 8.09. The molecule has 0 radical (unpaired) electrons. The predicted molar refractivity (Wildman–Crippen MR) is 81.0 cm³/mol. The molecular weight excluding hydrogens is 220 g/mol. The van der Waals surface area contributed by atoms with Crippen molar-refractivity contribution in [2.45, 2.75) is 65.3 Å². The molecule has 1 aliphatic rings. The van der Waals surface area contributed by atoms with E-state index in [1.807, 2.05) is 0 Å². The molecule has 18 heavy (non-hydrogen) atoms. The second-order valence-corrected chi connectivity index (χ2v) is 6.30. The first kappa shape index (κ1) is 16.0. The number of nitrogens with zero attached hydrogens (tertiary/aromatic N) is 1. The zero-order valence-corrected chi connectivity index (χ0v) is 13.0. The number of likely N-dealkylation sites (N-methyl/N-ethyl adjacent to an activating group) is 2. The fraction of sp³-hybridized carbons (Fsp3) is 1.00. The molecular formula is C16H34N2. The van der Waals surface area contributed by atoms with Gasteiger partial charge in [0, 0.05) is 19.1 Å². The Morgan fingerprint density at radius 2 is 1.78 bits per heavy atom. The largest absolute Gasteiger partial charge is 0.313 e. The molecule has 0 heterocycles. The summed E-state index contributed by atoms with van der Waals surface area (Å²) in [5.74, 6) is 1.74. The van der Waals surface area contributed by atoms with E-state index in [1.54, 1.807) is 0 Å². The third-order valence-corrected chi connectivity index (χ3v) is 4.51. The van der Waals surface area contributed by atoms with Gasteiger partial charge in [0.25, 0.3) is 0 Å². The minimum Gasteiger partial charge on any atom is -0.313 e. The van der Waals surface area contributed by atoms with E-state index in [0.29, 0.717) is 6.04 Å². The van der Waals surface area contributed by atoms with E-state index in [-0.39, 0.29) is 0 Å². The Labute approximate surface area is 115 Å².